The Kier molecular flexibility index (Phi) is 7.61. The standard InChI is InChI=1S/C25H32N6O3S/c1-5-6-24-28-29-25(34-24)15-18(2)12-14-30(4)35(32,33)21-9-7-20(8-10-21)17-31-19(3)27-22-16-26-13-11-23(22)31/h7-11,13,16,18H,5-6,12,14-15,17H2,1-4H3. The van der Waals surface area contributed by atoms with E-state index in [-0.39, 0.29) is 10.8 Å². The number of aryl methyl sites for hydroxylation is 2. The van der Waals surface area contributed by atoms with Crippen LogP contribution in [0.2, 0.25) is 0 Å². The van der Waals surface area contributed by atoms with Gasteiger partial charge in [0.1, 0.15) is 11.3 Å². The largest absolute Gasteiger partial charge is 0.425 e. The van der Waals surface area contributed by atoms with Crippen molar-refractivity contribution in [2.75, 3.05) is 13.6 Å². The Bertz CT molecular complexity index is 1380. The molecule has 0 N–H and O–H groups in total. The number of benzene rings is 1. The van der Waals surface area contributed by atoms with Gasteiger partial charge in [0.25, 0.3) is 0 Å². The van der Waals surface area contributed by atoms with E-state index in [9.17, 15) is 8.42 Å². The fourth-order valence-corrected chi connectivity index (χ4v) is 5.23. The van der Waals surface area contributed by atoms with Crippen molar-refractivity contribution in [3.8, 4) is 0 Å². The number of imidazole rings is 1. The maximum atomic E-state index is 13.1. The van der Waals surface area contributed by atoms with Crippen molar-refractivity contribution in [1.29, 1.82) is 0 Å². The van der Waals surface area contributed by atoms with Crippen molar-refractivity contribution in [3.05, 3.63) is 65.9 Å². The van der Waals surface area contributed by atoms with Gasteiger partial charge in [0.2, 0.25) is 21.8 Å². The summed E-state index contributed by atoms with van der Waals surface area (Å²) in [5.41, 5.74) is 2.85. The Hall–Kier alpha value is -3.11. The van der Waals surface area contributed by atoms with Crippen molar-refractivity contribution >= 4 is 21.1 Å². The van der Waals surface area contributed by atoms with Gasteiger partial charge in [-0.1, -0.05) is 26.0 Å². The van der Waals surface area contributed by atoms with Crippen LogP contribution in [-0.4, -0.2) is 51.0 Å². The van der Waals surface area contributed by atoms with Gasteiger partial charge in [-0.05, 0) is 49.4 Å². The molecule has 3 aromatic heterocycles. The van der Waals surface area contributed by atoms with E-state index in [2.05, 4.69) is 38.6 Å². The average Bonchev–Trinajstić information content (AvgIpc) is 3.41. The minimum atomic E-state index is -3.58. The summed E-state index contributed by atoms with van der Waals surface area (Å²) in [6, 6.07) is 9.01. The molecule has 0 aliphatic heterocycles. The molecular formula is C25H32N6O3S. The zero-order chi connectivity index (χ0) is 25.0. The number of aromatic nitrogens is 5. The average molecular weight is 497 g/mol. The quantitative estimate of drug-likeness (QED) is 0.309. The molecule has 0 radical (unpaired) electrons. The van der Waals surface area contributed by atoms with Crippen LogP contribution in [-0.2, 0) is 29.4 Å². The van der Waals surface area contributed by atoms with Gasteiger partial charge in [0, 0.05) is 39.2 Å². The smallest absolute Gasteiger partial charge is 0.242 e. The predicted molar refractivity (Wildman–Crippen MR) is 133 cm³/mol. The maximum absolute atomic E-state index is 13.1. The number of nitrogens with zero attached hydrogens (tertiary/aromatic N) is 6. The molecule has 0 spiro atoms. The van der Waals surface area contributed by atoms with E-state index in [1.807, 2.05) is 25.1 Å². The molecule has 1 unspecified atom stereocenters. The topological polar surface area (TPSA) is 107 Å². The second-order valence-corrected chi connectivity index (χ2v) is 11.1. The van der Waals surface area contributed by atoms with Gasteiger partial charge in [-0.3, -0.25) is 4.98 Å². The van der Waals surface area contributed by atoms with E-state index < -0.39 is 10.0 Å². The van der Waals surface area contributed by atoms with Crippen molar-refractivity contribution in [1.82, 2.24) is 29.0 Å². The van der Waals surface area contributed by atoms with Gasteiger partial charge in [0.05, 0.1) is 16.6 Å². The zero-order valence-corrected chi connectivity index (χ0v) is 21.5. The first-order valence-electron chi connectivity index (χ1n) is 11.9. The van der Waals surface area contributed by atoms with E-state index in [4.69, 9.17) is 4.42 Å². The van der Waals surface area contributed by atoms with E-state index >= 15 is 0 Å². The Morgan fingerprint density at radius 2 is 1.86 bits per heavy atom. The van der Waals surface area contributed by atoms with Crippen molar-refractivity contribution in [3.63, 3.8) is 0 Å². The zero-order valence-electron chi connectivity index (χ0n) is 20.7. The van der Waals surface area contributed by atoms with Crippen LogP contribution in [0.3, 0.4) is 0 Å². The summed E-state index contributed by atoms with van der Waals surface area (Å²) in [6.07, 6.45) is 6.56. The molecule has 186 valence electrons. The predicted octanol–water partition coefficient (Wildman–Crippen LogP) is 4.01. The molecule has 0 fully saturated rings. The first kappa shape index (κ1) is 25.0. The Balaban J connectivity index is 1.36. The van der Waals surface area contributed by atoms with Gasteiger partial charge in [0.15, 0.2) is 0 Å². The lowest BCUT2D eigenvalue weighted by atomic mass is 10.0. The van der Waals surface area contributed by atoms with Crippen LogP contribution in [0.25, 0.3) is 11.0 Å². The number of hydrogen-bond donors (Lipinski definition) is 0. The second-order valence-electron chi connectivity index (χ2n) is 9.02. The third-order valence-corrected chi connectivity index (χ3v) is 8.02. The number of hydrogen-bond acceptors (Lipinski definition) is 7. The Labute approximate surface area is 206 Å². The van der Waals surface area contributed by atoms with E-state index in [1.165, 1.54) is 4.31 Å². The van der Waals surface area contributed by atoms with Crippen LogP contribution in [0, 0.1) is 12.8 Å². The van der Waals surface area contributed by atoms with E-state index in [0.29, 0.717) is 37.7 Å². The molecule has 0 bridgehead atoms. The highest BCUT2D eigenvalue weighted by molar-refractivity contribution is 7.89. The van der Waals surface area contributed by atoms with Crippen LogP contribution in [0.4, 0.5) is 0 Å². The SMILES string of the molecule is CCCc1nnc(CC(C)CCN(C)S(=O)(=O)c2ccc(Cn3c(C)nc4cnccc43)cc2)o1. The molecular weight excluding hydrogens is 464 g/mol. The summed E-state index contributed by atoms with van der Waals surface area (Å²) in [5, 5.41) is 8.15. The first-order valence-corrected chi connectivity index (χ1v) is 13.3. The molecule has 35 heavy (non-hydrogen) atoms. The molecule has 1 aromatic carbocycles. The highest BCUT2D eigenvalue weighted by atomic mass is 32.2. The van der Waals surface area contributed by atoms with Gasteiger partial charge in [-0.2, -0.15) is 0 Å². The molecule has 0 amide bonds. The summed E-state index contributed by atoms with van der Waals surface area (Å²) >= 11 is 0. The monoisotopic (exact) mass is 496 g/mol. The third kappa shape index (κ3) is 5.76. The minimum absolute atomic E-state index is 0.216. The van der Waals surface area contributed by atoms with E-state index in [0.717, 1.165) is 35.3 Å². The molecule has 0 aliphatic rings. The normalized spacial score (nSPS) is 13.1. The minimum Gasteiger partial charge on any atom is -0.425 e. The Morgan fingerprint density at radius 1 is 1.11 bits per heavy atom. The van der Waals surface area contributed by atoms with Gasteiger partial charge in [-0.15, -0.1) is 10.2 Å². The summed E-state index contributed by atoms with van der Waals surface area (Å²) in [7, 11) is -1.96. The number of fused-ring (bicyclic) bond motifs is 1. The highest BCUT2D eigenvalue weighted by Crippen LogP contribution is 2.20. The fourth-order valence-electron chi connectivity index (χ4n) is 4.04. The molecule has 0 saturated carbocycles. The number of sulfonamides is 1. The number of pyridine rings is 1. The van der Waals surface area contributed by atoms with Crippen molar-refractivity contribution in [2.45, 2.75) is 57.9 Å². The lowest BCUT2D eigenvalue weighted by molar-refractivity contribution is 0.377. The molecule has 4 aromatic rings. The fraction of sp³-hybridized carbons (Fsp3) is 0.440. The summed E-state index contributed by atoms with van der Waals surface area (Å²) < 4.78 is 35.4. The van der Waals surface area contributed by atoms with Crippen LogP contribution in [0.5, 0.6) is 0 Å². The Morgan fingerprint density at radius 3 is 2.60 bits per heavy atom. The van der Waals surface area contributed by atoms with Crippen LogP contribution < -0.4 is 0 Å². The van der Waals surface area contributed by atoms with Crippen LogP contribution in [0.15, 0.2) is 52.0 Å². The maximum Gasteiger partial charge on any atom is 0.242 e. The molecule has 0 aliphatic carbocycles. The van der Waals surface area contributed by atoms with Gasteiger partial charge in [-0.25, -0.2) is 17.7 Å². The molecule has 10 heteroatoms. The van der Waals surface area contributed by atoms with Crippen LogP contribution >= 0.6 is 0 Å². The van der Waals surface area contributed by atoms with Crippen LogP contribution in [0.1, 0.15) is 49.9 Å². The van der Waals surface area contributed by atoms with E-state index in [1.54, 1.807) is 31.6 Å². The summed E-state index contributed by atoms with van der Waals surface area (Å²) in [5.74, 6) is 2.37. The van der Waals surface area contributed by atoms with Crippen molar-refractivity contribution < 1.29 is 12.8 Å². The lowest BCUT2D eigenvalue weighted by Crippen LogP contribution is -2.29. The molecule has 3 heterocycles. The first-order chi connectivity index (χ1) is 16.8. The lowest BCUT2D eigenvalue weighted by Gasteiger charge is -2.19. The second kappa shape index (κ2) is 10.7. The number of rotatable bonds is 11. The van der Waals surface area contributed by atoms with Gasteiger partial charge < -0.3 is 8.98 Å². The molecule has 1 atom stereocenters. The molecule has 4 rings (SSSR count). The summed E-state index contributed by atoms with van der Waals surface area (Å²) in [4.78, 5) is 8.96. The van der Waals surface area contributed by atoms with Gasteiger partial charge >= 0.3 is 0 Å². The molecule has 9 nitrogen and oxygen atoms in total. The summed E-state index contributed by atoms with van der Waals surface area (Å²) in [6.45, 7) is 7.11. The highest BCUT2D eigenvalue weighted by Gasteiger charge is 2.22. The van der Waals surface area contributed by atoms with Crippen molar-refractivity contribution in [2.24, 2.45) is 5.92 Å². The third-order valence-electron chi connectivity index (χ3n) is 6.15. The molecule has 0 saturated heterocycles.